The standard InChI is InChI=1S/C35H46F2O/c1-3-5-6-8-28-11-17-32(18-12-28)33-21-23-34(24-22-33)35(36,37)38-26-25-29-13-19-31(20-14-29)30-15-9-27(7-4-2)10-16-30/h3-5,7,13-14,19-24,27-28,30,32H,6,8-12,15-18,25-26H2,1-2H3/b5-3+,7-4+. The monoisotopic (exact) mass is 520 g/mol. The minimum atomic E-state index is -3.27. The number of alkyl halides is 2. The van der Waals surface area contributed by atoms with Gasteiger partial charge in [-0.05, 0) is 125 Å². The Kier molecular flexibility index (Phi) is 10.8. The number of allylic oxidation sites excluding steroid dienone is 4. The van der Waals surface area contributed by atoms with E-state index in [2.05, 4.69) is 62.4 Å². The molecule has 4 rings (SSSR count). The maximum absolute atomic E-state index is 14.8. The molecule has 0 heterocycles. The SMILES string of the molecule is C/C=C/CCC1CCC(c2ccc(C(F)(F)OCCc3ccc(C4CCC(/C=C/C)CC4)cc3)cc2)CC1. The summed E-state index contributed by atoms with van der Waals surface area (Å²) in [6.45, 7) is 4.17. The van der Waals surface area contributed by atoms with Crippen LogP contribution >= 0.6 is 0 Å². The van der Waals surface area contributed by atoms with E-state index in [1.165, 1.54) is 62.5 Å². The molecule has 38 heavy (non-hydrogen) atoms. The van der Waals surface area contributed by atoms with Crippen LogP contribution in [-0.4, -0.2) is 6.61 Å². The van der Waals surface area contributed by atoms with Crippen LogP contribution in [0.25, 0.3) is 0 Å². The first-order chi connectivity index (χ1) is 18.5. The summed E-state index contributed by atoms with van der Waals surface area (Å²) in [5, 5.41) is 0. The van der Waals surface area contributed by atoms with Crippen molar-refractivity contribution >= 4 is 0 Å². The molecular weight excluding hydrogens is 474 g/mol. The summed E-state index contributed by atoms with van der Waals surface area (Å²) in [5.74, 6) is 2.64. The Morgan fingerprint density at radius 1 is 0.763 bits per heavy atom. The van der Waals surface area contributed by atoms with E-state index in [0.29, 0.717) is 18.3 Å². The molecule has 0 bridgehead atoms. The zero-order valence-electron chi connectivity index (χ0n) is 23.4. The molecule has 0 N–H and O–H groups in total. The minimum absolute atomic E-state index is 0.000206. The highest BCUT2D eigenvalue weighted by Gasteiger charge is 2.33. The van der Waals surface area contributed by atoms with Gasteiger partial charge < -0.3 is 4.74 Å². The minimum Gasteiger partial charge on any atom is -0.316 e. The highest BCUT2D eigenvalue weighted by Crippen LogP contribution is 2.39. The normalized spacial score (nSPS) is 24.8. The highest BCUT2D eigenvalue weighted by atomic mass is 19.3. The third-order valence-corrected chi connectivity index (χ3v) is 8.90. The smallest absolute Gasteiger partial charge is 0.316 e. The van der Waals surface area contributed by atoms with E-state index in [4.69, 9.17) is 4.74 Å². The fourth-order valence-electron chi connectivity index (χ4n) is 6.49. The van der Waals surface area contributed by atoms with Crippen LogP contribution in [0.3, 0.4) is 0 Å². The van der Waals surface area contributed by atoms with E-state index < -0.39 is 6.11 Å². The first-order valence-electron chi connectivity index (χ1n) is 14.9. The Balaban J connectivity index is 1.21. The van der Waals surface area contributed by atoms with Crippen molar-refractivity contribution in [1.29, 1.82) is 0 Å². The Bertz CT molecular complexity index is 1000. The second-order valence-electron chi connectivity index (χ2n) is 11.5. The molecule has 2 aromatic carbocycles. The van der Waals surface area contributed by atoms with Gasteiger partial charge in [-0.3, -0.25) is 0 Å². The van der Waals surface area contributed by atoms with Gasteiger partial charge in [0.05, 0.1) is 12.2 Å². The first-order valence-corrected chi connectivity index (χ1v) is 14.9. The molecule has 0 unspecified atom stereocenters. The van der Waals surface area contributed by atoms with E-state index in [1.54, 1.807) is 12.1 Å². The quantitative estimate of drug-likeness (QED) is 0.268. The summed E-state index contributed by atoms with van der Waals surface area (Å²) in [5.41, 5.74) is 3.56. The lowest BCUT2D eigenvalue weighted by Gasteiger charge is -2.29. The molecule has 0 aliphatic heterocycles. The fraction of sp³-hybridized carbons (Fsp3) is 0.543. The topological polar surface area (TPSA) is 9.23 Å². The number of ether oxygens (including phenoxy) is 1. The van der Waals surface area contributed by atoms with Crippen molar-refractivity contribution < 1.29 is 13.5 Å². The lowest BCUT2D eigenvalue weighted by atomic mass is 9.77. The van der Waals surface area contributed by atoms with Crippen LogP contribution in [0.15, 0.2) is 72.8 Å². The summed E-state index contributed by atoms with van der Waals surface area (Å²) in [4.78, 5) is 0. The van der Waals surface area contributed by atoms with Gasteiger partial charge in [0.2, 0.25) is 0 Å². The molecule has 0 spiro atoms. The average Bonchev–Trinajstić information content (AvgIpc) is 2.95. The van der Waals surface area contributed by atoms with Crippen LogP contribution in [0.5, 0.6) is 0 Å². The molecule has 1 nitrogen and oxygen atoms in total. The lowest BCUT2D eigenvalue weighted by molar-refractivity contribution is -0.248. The molecule has 0 radical (unpaired) electrons. The number of rotatable bonds is 11. The van der Waals surface area contributed by atoms with Gasteiger partial charge in [-0.25, -0.2) is 0 Å². The number of benzene rings is 2. The highest BCUT2D eigenvalue weighted by molar-refractivity contribution is 5.28. The van der Waals surface area contributed by atoms with Crippen LogP contribution in [0.2, 0.25) is 0 Å². The van der Waals surface area contributed by atoms with Gasteiger partial charge in [-0.1, -0.05) is 72.8 Å². The summed E-state index contributed by atoms with van der Waals surface area (Å²) in [6.07, 6.45) is 18.3. The summed E-state index contributed by atoms with van der Waals surface area (Å²) in [6, 6.07) is 15.4. The maximum Gasteiger partial charge on any atom is 0.383 e. The largest absolute Gasteiger partial charge is 0.383 e. The molecule has 2 aromatic rings. The molecule has 0 atom stereocenters. The van der Waals surface area contributed by atoms with Gasteiger partial charge in [0.1, 0.15) is 0 Å². The van der Waals surface area contributed by atoms with E-state index in [-0.39, 0.29) is 12.2 Å². The Labute approximate surface area is 229 Å². The fourth-order valence-corrected chi connectivity index (χ4v) is 6.49. The van der Waals surface area contributed by atoms with E-state index in [0.717, 1.165) is 30.2 Å². The van der Waals surface area contributed by atoms with Crippen LogP contribution < -0.4 is 0 Å². The second-order valence-corrected chi connectivity index (χ2v) is 11.5. The van der Waals surface area contributed by atoms with E-state index >= 15 is 0 Å². The molecule has 0 amide bonds. The van der Waals surface area contributed by atoms with Gasteiger partial charge >= 0.3 is 6.11 Å². The Morgan fingerprint density at radius 3 is 1.92 bits per heavy atom. The Hall–Kier alpha value is -2.26. The summed E-state index contributed by atoms with van der Waals surface area (Å²) >= 11 is 0. The van der Waals surface area contributed by atoms with Gasteiger partial charge in [-0.15, -0.1) is 0 Å². The maximum atomic E-state index is 14.8. The van der Waals surface area contributed by atoms with Gasteiger partial charge in [-0.2, -0.15) is 8.78 Å². The van der Waals surface area contributed by atoms with Crippen LogP contribution in [0.4, 0.5) is 8.78 Å². The molecule has 206 valence electrons. The summed E-state index contributed by atoms with van der Waals surface area (Å²) < 4.78 is 34.7. The number of halogens is 2. The van der Waals surface area contributed by atoms with Gasteiger partial charge in [0.15, 0.2) is 0 Å². The Morgan fingerprint density at radius 2 is 1.34 bits per heavy atom. The first kappa shape index (κ1) is 28.7. The van der Waals surface area contributed by atoms with Crippen molar-refractivity contribution in [3.63, 3.8) is 0 Å². The molecule has 2 fully saturated rings. The molecule has 0 saturated heterocycles. The predicted molar refractivity (Wildman–Crippen MR) is 155 cm³/mol. The van der Waals surface area contributed by atoms with Gasteiger partial charge in [0, 0.05) is 0 Å². The summed E-state index contributed by atoms with van der Waals surface area (Å²) in [7, 11) is 0. The number of hydrogen-bond donors (Lipinski definition) is 0. The molecule has 2 aliphatic carbocycles. The van der Waals surface area contributed by atoms with Crippen LogP contribution in [0.1, 0.15) is 112 Å². The van der Waals surface area contributed by atoms with Crippen molar-refractivity contribution in [1.82, 2.24) is 0 Å². The van der Waals surface area contributed by atoms with Crippen molar-refractivity contribution in [3.8, 4) is 0 Å². The zero-order chi connectivity index (χ0) is 26.8. The van der Waals surface area contributed by atoms with E-state index in [9.17, 15) is 8.78 Å². The molecule has 2 saturated carbocycles. The average molecular weight is 521 g/mol. The van der Waals surface area contributed by atoms with Crippen molar-refractivity contribution in [2.75, 3.05) is 6.61 Å². The predicted octanol–water partition coefficient (Wildman–Crippen LogP) is 10.5. The molecular formula is C35H46F2O. The zero-order valence-corrected chi connectivity index (χ0v) is 23.4. The second kappa shape index (κ2) is 14.2. The molecule has 2 aliphatic rings. The molecule has 3 heteroatoms. The number of hydrogen-bond acceptors (Lipinski definition) is 1. The lowest BCUT2D eigenvalue weighted by Crippen LogP contribution is -2.20. The van der Waals surface area contributed by atoms with Gasteiger partial charge in [0.25, 0.3) is 0 Å². The van der Waals surface area contributed by atoms with E-state index in [1.807, 2.05) is 12.1 Å². The third kappa shape index (κ3) is 8.12. The van der Waals surface area contributed by atoms with Crippen molar-refractivity contribution in [3.05, 3.63) is 95.1 Å². The third-order valence-electron chi connectivity index (χ3n) is 8.90. The van der Waals surface area contributed by atoms with Crippen molar-refractivity contribution in [2.24, 2.45) is 11.8 Å². The van der Waals surface area contributed by atoms with Crippen molar-refractivity contribution in [2.45, 2.75) is 102 Å². The van der Waals surface area contributed by atoms with Crippen LogP contribution in [-0.2, 0) is 17.3 Å². The van der Waals surface area contributed by atoms with Crippen LogP contribution in [0, 0.1) is 11.8 Å². The molecule has 0 aromatic heterocycles.